The Balaban J connectivity index is 0.00000588. The molecule has 0 atom stereocenters. The molecule has 3 aromatic rings. The van der Waals surface area contributed by atoms with Crippen LogP contribution in [-0.4, -0.2) is 19.6 Å². The summed E-state index contributed by atoms with van der Waals surface area (Å²) in [6, 6.07) is 21.6. The molecule has 0 aliphatic carbocycles. The zero-order valence-electron chi connectivity index (χ0n) is 25.3. The van der Waals surface area contributed by atoms with E-state index in [1.54, 1.807) is 7.11 Å². The van der Waals surface area contributed by atoms with Gasteiger partial charge in [0.05, 0.1) is 20.3 Å². The van der Waals surface area contributed by atoms with Crippen LogP contribution in [0.4, 0.5) is 5.69 Å². The summed E-state index contributed by atoms with van der Waals surface area (Å²) in [5, 5.41) is 0. The lowest BCUT2D eigenvalue weighted by atomic mass is 10.1. The number of halogens is 1. The van der Waals surface area contributed by atoms with Crippen LogP contribution >= 0.6 is 0 Å². The highest BCUT2D eigenvalue weighted by molar-refractivity contribution is 6.03. The van der Waals surface area contributed by atoms with Crippen molar-refractivity contribution in [3.05, 3.63) is 84.2 Å². The van der Waals surface area contributed by atoms with Crippen molar-refractivity contribution in [2.45, 2.75) is 97.6 Å². The fourth-order valence-electron chi connectivity index (χ4n) is 5.02. The van der Waals surface area contributed by atoms with Gasteiger partial charge in [-0.2, -0.15) is 4.57 Å². The molecule has 0 aliphatic heterocycles. The van der Waals surface area contributed by atoms with Crippen molar-refractivity contribution < 1.29 is 42.8 Å². The number of aromatic nitrogens is 1. The van der Waals surface area contributed by atoms with E-state index in [1.165, 1.54) is 57.8 Å². The molecule has 41 heavy (non-hydrogen) atoms. The summed E-state index contributed by atoms with van der Waals surface area (Å²) < 4.78 is 13.8. The fourth-order valence-corrected chi connectivity index (χ4v) is 5.02. The number of amides is 1. The van der Waals surface area contributed by atoms with Gasteiger partial charge in [0.15, 0.2) is 17.7 Å². The SMILES string of the molecule is CCCCCCCCCCCCOc1ccc(CN(C(=O)c2cccc[n+]2CCC)c2ccccc2)cc1OC.[I-]. The second-order valence-corrected chi connectivity index (χ2v) is 10.5. The quantitative estimate of drug-likeness (QED) is 0.0955. The summed E-state index contributed by atoms with van der Waals surface area (Å²) in [7, 11) is 1.67. The molecule has 224 valence electrons. The molecule has 3 rings (SSSR count). The van der Waals surface area contributed by atoms with Crippen molar-refractivity contribution >= 4 is 11.6 Å². The first-order chi connectivity index (χ1) is 19.7. The Labute approximate surface area is 265 Å². The van der Waals surface area contributed by atoms with Gasteiger partial charge in [0.25, 0.3) is 5.69 Å². The third kappa shape index (κ3) is 11.7. The predicted octanol–water partition coefficient (Wildman–Crippen LogP) is 5.54. The van der Waals surface area contributed by atoms with Crippen molar-refractivity contribution in [3.8, 4) is 11.5 Å². The van der Waals surface area contributed by atoms with Crippen LogP contribution in [0.25, 0.3) is 0 Å². The Morgan fingerprint density at radius 3 is 2.07 bits per heavy atom. The van der Waals surface area contributed by atoms with Crippen LogP contribution in [0.3, 0.4) is 0 Å². The van der Waals surface area contributed by atoms with Gasteiger partial charge in [-0.3, -0.25) is 9.69 Å². The van der Waals surface area contributed by atoms with E-state index in [0.717, 1.165) is 36.4 Å². The molecule has 0 aliphatic rings. The lowest BCUT2D eigenvalue weighted by molar-refractivity contribution is -0.698. The van der Waals surface area contributed by atoms with Crippen LogP contribution in [0.5, 0.6) is 11.5 Å². The van der Waals surface area contributed by atoms with Crippen molar-refractivity contribution in [1.82, 2.24) is 0 Å². The van der Waals surface area contributed by atoms with E-state index in [2.05, 4.69) is 13.8 Å². The minimum absolute atomic E-state index is 0. The number of unbranched alkanes of at least 4 members (excludes halogenated alkanes) is 9. The molecule has 0 spiro atoms. The van der Waals surface area contributed by atoms with Gasteiger partial charge in [-0.25, -0.2) is 0 Å². The van der Waals surface area contributed by atoms with Gasteiger partial charge in [0, 0.05) is 24.2 Å². The van der Waals surface area contributed by atoms with Gasteiger partial charge >= 0.3 is 5.91 Å². The molecule has 0 saturated carbocycles. The Morgan fingerprint density at radius 2 is 1.41 bits per heavy atom. The molecular weight excluding hydrogens is 623 g/mol. The summed E-state index contributed by atoms with van der Waals surface area (Å²) in [6.07, 6.45) is 16.0. The smallest absolute Gasteiger partial charge is 0.323 e. The number of carbonyl (C=O) groups is 1. The fraction of sp³-hybridized carbons (Fsp3) is 0.486. The standard InChI is InChI=1S/C35H49N2O3.HI/c1-4-6-7-8-9-10-11-12-13-19-27-40-33-24-23-30(28-34(33)39-3)29-37(31-20-15-14-16-21-31)35(38)32-22-17-18-26-36(32)25-5-2;/h14-18,20-24,26,28H,4-13,19,25,27,29H2,1-3H3;1H/q+1;/p-1. The Kier molecular flexibility index (Phi) is 17.1. The molecule has 5 nitrogen and oxygen atoms in total. The number of pyridine rings is 1. The van der Waals surface area contributed by atoms with E-state index in [-0.39, 0.29) is 29.9 Å². The number of anilines is 1. The van der Waals surface area contributed by atoms with E-state index in [1.807, 2.05) is 82.4 Å². The van der Waals surface area contributed by atoms with Crippen LogP contribution in [0, 0.1) is 0 Å². The highest BCUT2D eigenvalue weighted by atomic mass is 127. The van der Waals surface area contributed by atoms with Crippen molar-refractivity contribution in [2.75, 3.05) is 18.6 Å². The first-order valence-electron chi connectivity index (χ1n) is 15.3. The van der Waals surface area contributed by atoms with E-state index in [9.17, 15) is 4.79 Å². The predicted molar refractivity (Wildman–Crippen MR) is 164 cm³/mol. The monoisotopic (exact) mass is 672 g/mol. The Bertz CT molecular complexity index is 1140. The van der Waals surface area contributed by atoms with Gasteiger partial charge < -0.3 is 33.5 Å². The van der Waals surface area contributed by atoms with Gasteiger partial charge in [-0.1, -0.05) is 95.9 Å². The number of hydrogen-bond acceptors (Lipinski definition) is 3. The lowest BCUT2D eigenvalue weighted by Crippen LogP contribution is -3.00. The number of benzene rings is 2. The summed E-state index contributed by atoms with van der Waals surface area (Å²) in [6.45, 7) is 6.30. The molecule has 0 bridgehead atoms. The van der Waals surface area contributed by atoms with E-state index in [4.69, 9.17) is 9.47 Å². The maximum atomic E-state index is 13.8. The molecule has 2 aromatic carbocycles. The molecule has 0 unspecified atom stereocenters. The Morgan fingerprint density at radius 1 is 0.756 bits per heavy atom. The Hall–Kier alpha value is -2.61. The van der Waals surface area contributed by atoms with Crippen LogP contribution in [0.2, 0.25) is 0 Å². The summed E-state index contributed by atoms with van der Waals surface area (Å²) in [5.41, 5.74) is 2.52. The van der Waals surface area contributed by atoms with Crippen molar-refractivity contribution in [3.63, 3.8) is 0 Å². The third-order valence-corrected chi connectivity index (χ3v) is 7.26. The largest absolute Gasteiger partial charge is 1.00 e. The number of hydrogen-bond donors (Lipinski definition) is 0. The van der Waals surface area contributed by atoms with Crippen LogP contribution in [-0.2, 0) is 13.1 Å². The first kappa shape index (κ1) is 34.6. The van der Waals surface area contributed by atoms with Gasteiger partial charge in [0.1, 0.15) is 6.54 Å². The maximum Gasteiger partial charge on any atom is 0.323 e. The minimum atomic E-state index is -0.0273. The van der Waals surface area contributed by atoms with E-state index >= 15 is 0 Å². The highest BCUT2D eigenvalue weighted by Crippen LogP contribution is 2.30. The average molecular weight is 673 g/mol. The molecule has 0 saturated heterocycles. The zero-order valence-corrected chi connectivity index (χ0v) is 27.5. The first-order valence-corrected chi connectivity index (χ1v) is 15.3. The number of methoxy groups -OCH3 is 1. The molecule has 0 N–H and O–H groups in total. The molecule has 0 radical (unpaired) electrons. The van der Waals surface area contributed by atoms with E-state index in [0.29, 0.717) is 24.6 Å². The topological polar surface area (TPSA) is 42.7 Å². The lowest BCUT2D eigenvalue weighted by Gasteiger charge is -2.23. The molecule has 0 fully saturated rings. The van der Waals surface area contributed by atoms with E-state index < -0.39 is 0 Å². The number of rotatable bonds is 19. The summed E-state index contributed by atoms with van der Waals surface area (Å²) >= 11 is 0. The van der Waals surface area contributed by atoms with Gasteiger partial charge in [-0.05, 0) is 42.3 Å². The normalized spacial score (nSPS) is 10.6. The van der Waals surface area contributed by atoms with Gasteiger partial charge in [0.2, 0.25) is 0 Å². The summed E-state index contributed by atoms with van der Waals surface area (Å²) in [4.78, 5) is 15.7. The van der Waals surface area contributed by atoms with Crippen LogP contribution in [0.15, 0.2) is 72.9 Å². The molecular formula is C35H49IN2O3. The highest BCUT2D eigenvalue weighted by Gasteiger charge is 2.26. The minimum Gasteiger partial charge on any atom is -1.00 e. The summed E-state index contributed by atoms with van der Waals surface area (Å²) in [5.74, 6) is 1.43. The maximum absolute atomic E-state index is 13.8. The second-order valence-electron chi connectivity index (χ2n) is 10.5. The van der Waals surface area contributed by atoms with Crippen molar-refractivity contribution in [2.24, 2.45) is 0 Å². The third-order valence-electron chi connectivity index (χ3n) is 7.26. The zero-order chi connectivity index (χ0) is 28.4. The van der Waals surface area contributed by atoms with Crippen LogP contribution < -0.4 is 42.9 Å². The molecule has 1 aromatic heterocycles. The number of aryl methyl sites for hydroxylation is 1. The number of nitrogens with zero attached hydrogens (tertiary/aromatic N) is 2. The average Bonchev–Trinajstić information content (AvgIpc) is 2.99. The molecule has 1 amide bonds. The number of carbonyl (C=O) groups excluding carboxylic acids is 1. The second kappa shape index (κ2) is 20.3. The number of para-hydroxylation sites is 1. The van der Waals surface area contributed by atoms with Crippen molar-refractivity contribution in [1.29, 1.82) is 0 Å². The molecule has 6 heteroatoms. The number of ether oxygens (including phenoxy) is 2. The van der Waals surface area contributed by atoms with Gasteiger partial charge in [-0.15, -0.1) is 0 Å². The molecule has 1 heterocycles. The van der Waals surface area contributed by atoms with Crippen LogP contribution in [0.1, 0.15) is 101 Å².